The lowest BCUT2D eigenvalue weighted by Gasteiger charge is -2.48. The van der Waals surface area contributed by atoms with E-state index in [1.807, 2.05) is 111 Å². The van der Waals surface area contributed by atoms with E-state index in [0.717, 1.165) is 53.2 Å². The van der Waals surface area contributed by atoms with Gasteiger partial charge in [0.2, 0.25) is 5.91 Å². The number of nitrogens with zero attached hydrogens (tertiary/aromatic N) is 5. The third-order valence-electron chi connectivity index (χ3n) is 11.3. The van der Waals surface area contributed by atoms with Gasteiger partial charge in [-0.2, -0.15) is 10.1 Å². The molecular formula is C47H57Cl2N7O6. The van der Waals surface area contributed by atoms with E-state index in [9.17, 15) is 4.79 Å². The molecule has 15 heteroatoms. The van der Waals surface area contributed by atoms with Crippen LogP contribution in [0.4, 0.5) is 0 Å². The fourth-order valence-corrected chi connectivity index (χ4v) is 8.17. The first kappa shape index (κ1) is 45.6. The molecule has 1 amide bonds. The quantitative estimate of drug-likeness (QED) is 0.108. The lowest BCUT2D eigenvalue weighted by molar-refractivity contribution is -0.365. The van der Waals surface area contributed by atoms with E-state index in [4.69, 9.17) is 47.4 Å². The highest BCUT2D eigenvalue weighted by molar-refractivity contribution is 6.31. The van der Waals surface area contributed by atoms with Gasteiger partial charge in [0.1, 0.15) is 36.6 Å². The number of halogens is 2. The van der Waals surface area contributed by atoms with Crippen molar-refractivity contribution in [2.75, 3.05) is 47.4 Å². The molecule has 2 bridgehead atoms. The summed E-state index contributed by atoms with van der Waals surface area (Å²) in [4.78, 5) is 45.2. The summed E-state index contributed by atoms with van der Waals surface area (Å²) >= 11 is 12.7. The molecule has 0 radical (unpaired) electrons. The number of ether oxygens (including phenoxy) is 1. The number of fused-ring (bicyclic) bond motifs is 2. The Morgan fingerprint density at radius 2 is 1.68 bits per heavy atom. The van der Waals surface area contributed by atoms with Gasteiger partial charge in [0, 0.05) is 61.3 Å². The van der Waals surface area contributed by atoms with Crippen LogP contribution in [0.1, 0.15) is 42.3 Å². The van der Waals surface area contributed by atoms with E-state index in [0.29, 0.717) is 54.0 Å². The van der Waals surface area contributed by atoms with Crippen LogP contribution in [-0.2, 0) is 57.2 Å². The highest BCUT2D eigenvalue weighted by Crippen LogP contribution is 2.34. The van der Waals surface area contributed by atoms with Crippen molar-refractivity contribution in [3.8, 4) is 22.8 Å². The number of hydroxylamine groups is 4. The van der Waals surface area contributed by atoms with Crippen molar-refractivity contribution < 1.29 is 29.0 Å². The molecule has 13 nitrogen and oxygen atoms in total. The number of piperidine rings is 1. The number of imidazole rings is 1. The zero-order chi connectivity index (χ0) is 43.6. The van der Waals surface area contributed by atoms with E-state index in [1.165, 1.54) is 0 Å². The number of rotatable bonds is 14. The molecule has 3 heterocycles. The minimum Gasteiger partial charge on any atom is -0.457 e. The summed E-state index contributed by atoms with van der Waals surface area (Å²) in [7, 11) is 8.05. The van der Waals surface area contributed by atoms with Crippen LogP contribution in [0.25, 0.3) is 11.3 Å². The van der Waals surface area contributed by atoms with Crippen LogP contribution >= 0.6 is 23.2 Å². The van der Waals surface area contributed by atoms with Crippen LogP contribution in [-0.4, -0.2) is 102 Å². The molecule has 4 aromatic carbocycles. The van der Waals surface area contributed by atoms with Crippen LogP contribution < -0.4 is 15.4 Å². The molecule has 2 saturated heterocycles. The number of nitrogens with one attached hydrogen (secondary N) is 2. The van der Waals surface area contributed by atoms with Crippen molar-refractivity contribution in [3.05, 3.63) is 136 Å². The fraction of sp³-hybridized carbons (Fsp3) is 0.404. The lowest BCUT2D eigenvalue weighted by atomic mass is 9.83. The summed E-state index contributed by atoms with van der Waals surface area (Å²) in [5, 5.41) is 11.5. The molecule has 5 atom stereocenters. The summed E-state index contributed by atoms with van der Waals surface area (Å²) in [6.45, 7) is 4.19. The van der Waals surface area contributed by atoms with Crippen molar-refractivity contribution in [1.29, 1.82) is 0 Å². The molecule has 0 aliphatic carbocycles. The van der Waals surface area contributed by atoms with Gasteiger partial charge in [-0.25, -0.2) is 14.8 Å². The molecule has 7 rings (SSSR count). The predicted molar refractivity (Wildman–Crippen MR) is 240 cm³/mol. The molecular weight excluding hydrogens is 829 g/mol. The molecule has 0 saturated carbocycles. The Kier molecular flexibility index (Phi) is 15.7. The molecule has 2 aliphatic rings. The van der Waals surface area contributed by atoms with Gasteiger partial charge in [-0.15, -0.1) is 0 Å². The largest absolute Gasteiger partial charge is 0.457 e. The maximum atomic E-state index is 13.8. The number of benzene rings is 4. The van der Waals surface area contributed by atoms with Crippen LogP contribution in [0.15, 0.2) is 103 Å². The minimum atomic E-state index is -0.834. The fourth-order valence-electron chi connectivity index (χ4n) is 7.88. The van der Waals surface area contributed by atoms with E-state index in [-0.39, 0.29) is 25.2 Å². The maximum Gasteiger partial charge on any atom is 0.238 e. The smallest absolute Gasteiger partial charge is 0.238 e. The topological polar surface area (TPSA) is 115 Å². The van der Waals surface area contributed by atoms with Gasteiger partial charge in [-0.1, -0.05) is 71.7 Å². The molecule has 0 spiro atoms. The lowest BCUT2D eigenvalue weighted by Crippen LogP contribution is -2.61. The van der Waals surface area contributed by atoms with Crippen LogP contribution in [0.5, 0.6) is 11.5 Å². The number of amides is 1. The highest BCUT2D eigenvalue weighted by Gasteiger charge is 2.43. The van der Waals surface area contributed by atoms with Gasteiger partial charge in [-0.05, 0) is 99.9 Å². The van der Waals surface area contributed by atoms with Crippen LogP contribution in [0.2, 0.25) is 10.0 Å². The molecule has 2 aliphatic heterocycles. The van der Waals surface area contributed by atoms with Gasteiger partial charge < -0.3 is 24.8 Å². The summed E-state index contributed by atoms with van der Waals surface area (Å²) in [5.74, 6) is 1.95. The van der Waals surface area contributed by atoms with Crippen molar-refractivity contribution in [1.82, 2.24) is 35.2 Å². The predicted octanol–water partition coefficient (Wildman–Crippen LogP) is 7.61. The first-order chi connectivity index (χ1) is 29.9. The standard InChI is InChI=1S/C47H57Cl2N7O6/c1-33(50-27-37-14-19-39(49)25-43(37)60-40-20-15-36(16-21-40)42-28-51-44(54(42)4)29-53(2)3)46(57)52-45-31-59-58-30-41(24-34-10-7-6-8-11-34)61-55(5)47(22-9-23-56(32-47)62-45)26-35-12-17-38(48)18-13-35/h6-8,10-21,25,28,33,41,45,50H,9,22-24,26-27,29-32H2,1-5H3,(H,52,57)/t33-,41+,45-,47+/m0/s1. The first-order valence-corrected chi connectivity index (χ1v) is 21.8. The average Bonchev–Trinajstić information content (AvgIpc) is 3.61. The summed E-state index contributed by atoms with van der Waals surface area (Å²) < 4.78 is 8.46. The Morgan fingerprint density at radius 3 is 2.44 bits per heavy atom. The van der Waals surface area contributed by atoms with Gasteiger partial charge in [-0.3, -0.25) is 14.5 Å². The van der Waals surface area contributed by atoms with Crippen molar-refractivity contribution in [2.24, 2.45) is 7.05 Å². The Labute approximate surface area is 374 Å². The molecule has 62 heavy (non-hydrogen) atoms. The summed E-state index contributed by atoms with van der Waals surface area (Å²) in [6.07, 6.45) is 3.74. The second-order valence-electron chi connectivity index (χ2n) is 16.4. The second kappa shape index (κ2) is 21.3. The van der Waals surface area contributed by atoms with Gasteiger partial charge in [0.25, 0.3) is 0 Å². The monoisotopic (exact) mass is 885 g/mol. The third-order valence-corrected chi connectivity index (χ3v) is 11.8. The van der Waals surface area contributed by atoms with E-state index < -0.39 is 17.8 Å². The number of aromatic nitrogens is 2. The average molecular weight is 887 g/mol. The Bertz CT molecular complexity index is 2210. The van der Waals surface area contributed by atoms with Crippen LogP contribution in [0, 0.1) is 0 Å². The number of hydrogen-bond acceptors (Lipinski definition) is 11. The second-order valence-corrected chi connectivity index (χ2v) is 17.3. The molecule has 2 fully saturated rings. The minimum absolute atomic E-state index is 0.0428. The Balaban J connectivity index is 1.01. The molecule has 5 aromatic rings. The number of likely N-dealkylation sites (N-methyl/N-ethyl adjacent to an activating group) is 1. The van der Waals surface area contributed by atoms with E-state index >= 15 is 0 Å². The van der Waals surface area contributed by atoms with Gasteiger partial charge in [0.05, 0.1) is 30.0 Å². The Morgan fingerprint density at radius 1 is 0.935 bits per heavy atom. The number of hydrogen-bond donors (Lipinski definition) is 2. The van der Waals surface area contributed by atoms with Gasteiger partial charge in [0.15, 0.2) is 6.23 Å². The molecule has 2 N–H and O–H groups in total. The zero-order valence-corrected chi connectivity index (χ0v) is 37.6. The van der Waals surface area contributed by atoms with Crippen molar-refractivity contribution >= 4 is 29.1 Å². The highest BCUT2D eigenvalue weighted by atomic mass is 35.5. The zero-order valence-electron chi connectivity index (χ0n) is 36.1. The SMILES string of the molecule is C[C@H](NCc1ccc(Cl)cc1Oc1ccc(-c2cnc(CN(C)C)n2C)cc1)C(=O)N[C@@H]1COOC[C@@H](Cc2ccccc2)ON(C)[C@@]2(Cc3ccc(Cl)cc3)CCCN(C2)O1. The molecule has 1 aromatic heterocycles. The number of carbonyl (C=O) groups excluding carboxylic acids is 1. The maximum absolute atomic E-state index is 13.8. The molecule has 330 valence electrons. The van der Waals surface area contributed by atoms with Crippen molar-refractivity contribution in [2.45, 2.75) is 69.6 Å². The van der Waals surface area contributed by atoms with E-state index in [2.05, 4.69) is 49.4 Å². The van der Waals surface area contributed by atoms with Crippen LogP contribution in [0.3, 0.4) is 0 Å². The van der Waals surface area contributed by atoms with Gasteiger partial charge >= 0.3 is 0 Å². The summed E-state index contributed by atoms with van der Waals surface area (Å²) in [6, 6.07) is 30.9. The molecule has 1 unspecified atom stereocenters. The normalized spacial score (nSPS) is 21.8. The van der Waals surface area contributed by atoms with Crippen molar-refractivity contribution in [3.63, 3.8) is 0 Å². The number of carbonyl (C=O) groups is 1. The Hall–Kier alpha value is -4.38. The third kappa shape index (κ3) is 12.2. The summed E-state index contributed by atoms with van der Waals surface area (Å²) in [5.41, 5.74) is 4.67. The first-order valence-electron chi connectivity index (χ1n) is 21.0. The van der Waals surface area contributed by atoms with E-state index in [1.54, 1.807) is 13.0 Å².